The number of ether oxygens (including phenoxy) is 2. The molecule has 1 aliphatic heterocycles. The molecule has 14 heteroatoms. The number of carboxylic acids is 2. The molecule has 2 heterocycles. The van der Waals surface area contributed by atoms with Gasteiger partial charge in [0.25, 0.3) is 0 Å². The van der Waals surface area contributed by atoms with Gasteiger partial charge >= 0.3 is 24.3 Å². The lowest BCUT2D eigenvalue weighted by atomic mass is 10.1. The quantitative estimate of drug-likeness (QED) is 0.642. The largest absolute Gasteiger partial charge is 0.490 e. The van der Waals surface area contributed by atoms with Crippen molar-refractivity contribution in [2.75, 3.05) is 20.3 Å². The average molecular weight is 476 g/mol. The van der Waals surface area contributed by atoms with E-state index in [1.54, 1.807) is 7.11 Å². The summed E-state index contributed by atoms with van der Waals surface area (Å²) in [5.41, 5.74) is 1.26. The third-order valence-corrected chi connectivity index (χ3v) is 4.54. The third-order valence-electron chi connectivity index (χ3n) is 4.54. The summed E-state index contributed by atoms with van der Waals surface area (Å²) in [5.74, 6) is -5.51. The maximum Gasteiger partial charge on any atom is 0.490 e. The summed E-state index contributed by atoms with van der Waals surface area (Å²) >= 11 is 0. The van der Waals surface area contributed by atoms with Crippen molar-refractivity contribution in [1.82, 2.24) is 9.88 Å². The number of nitrogens with zero attached hydrogens (tertiary/aromatic N) is 2. The number of pyridine rings is 1. The molecule has 32 heavy (non-hydrogen) atoms. The topological polar surface area (TPSA) is 109 Å². The van der Waals surface area contributed by atoms with Gasteiger partial charge in [0.05, 0.1) is 18.8 Å². The first-order chi connectivity index (χ1) is 14.8. The second-order valence-electron chi connectivity index (χ2n) is 6.69. The summed E-state index contributed by atoms with van der Waals surface area (Å²) in [6.45, 7) is 2.73. The Kier molecular flexibility index (Phi) is 10.3. The van der Waals surface area contributed by atoms with Gasteiger partial charge in [0.15, 0.2) is 0 Å². The number of fused-ring (bicyclic) bond motifs is 2. The van der Waals surface area contributed by atoms with E-state index in [1.165, 1.54) is 12.0 Å². The second-order valence-corrected chi connectivity index (χ2v) is 6.69. The predicted molar refractivity (Wildman–Crippen MR) is 95.6 cm³/mol. The van der Waals surface area contributed by atoms with E-state index >= 15 is 0 Å². The van der Waals surface area contributed by atoms with E-state index in [-0.39, 0.29) is 6.10 Å². The molecule has 0 aromatic carbocycles. The minimum absolute atomic E-state index is 0.226. The molecule has 3 atom stereocenters. The van der Waals surface area contributed by atoms with Crippen LogP contribution in [0.2, 0.25) is 0 Å². The van der Waals surface area contributed by atoms with Crippen LogP contribution in [0.5, 0.6) is 0 Å². The first-order valence-electron chi connectivity index (χ1n) is 9.15. The Morgan fingerprint density at radius 3 is 2.16 bits per heavy atom. The van der Waals surface area contributed by atoms with E-state index in [2.05, 4.69) is 16.0 Å². The van der Waals surface area contributed by atoms with Crippen LogP contribution >= 0.6 is 0 Å². The van der Waals surface area contributed by atoms with E-state index in [1.807, 2.05) is 18.5 Å². The first-order valence-corrected chi connectivity index (χ1v) is 9.15. The molecule has 0 radical (unpaired) electrons. The Labute approximate surface area is 178 Å². The van der Waals surface area contributed by atoms with Gasteiger partial charge in [0.1, 0.15) is 0 Å². The fourth-order valence-electron chi connectivity index (χ4n) is 3.20. The van der Waals surface area contributed by atoms with Crippen LogP contribution in [-0.2, 0) is 25.6 Å². The molecule has 2 fully saturated rings. The molecule has 2 bridgehead atoms. The van der Waals surface area contributed by atoms with Gasteiger partial charge in [-0.2, -0.15) is 26.3 Å². The molecule has 1 saturated heterocycles. The molecule has 0 amide bonds. The number of halogens is 6. The van der Waals surface area contributed by atoms with Gasteiger partial charge in [0, 0.05) is 38.6 Å². The lowest BCUT2D eigenvalue weighted by Gasteiger charge is -2.30. The van der Waals surface area contributed by atoms with E-state index in [0.29, 0.717) is 12.1 Å². The lowest BCUT2D eigenvalue weighted by molar-refractivity contribution is -0.193. The van der Waals surface area contributed by atoms with Crippen molar-refractivity contribution >= 4 is 11.9 Å². The standard InChI is InChI=1S/C14H20N2O2.2C2HF3O2/c1-17-14-12-4-5-13(14)18-8-7-16(12)10-11-3-2-6-15-9-11;2*3-2(4,5)1(6)7/h2-3,6,9,12-14H,4-5,7-8,10H2,1H3;2*(H,6,7). The van der Waals surface area contributed by atoms with Crippen molar-refractivity contribution in [3.63, 3.8) is 0 Å². The summed E-state index contributed by atoms with van der Waals surface area (Å²) in [4.78, 5) is 24.5. The number of carboxylic acid groups (broad SMARTS) is 2. The lowest BCUT2D eigenvalue weighted by Crippen LogP contribution is -2.42. The monoisotopic (exact) mass is 476 g/mol. The molecule has 8 nitrogen and oxygen atoms in total. The molecule has 2 aliphatic rings. The number of carbonyl (C=O) groups is 2. The molecular formula is C18H22F6N2O6. The van der Waals surface area contributed by atoms with Crippen LogP contribution in [0.15, 0.2) is 24.5 Å². The summed E-state index contributed by atoms with van der Waals surface area (Å²) < 4.78 is 75.0. The Bertz CT molecular complexity index is 707. The number of alkyl halides is 6. The van der Waals surface area contributed by atoms with Gasteiger partial charge in [-0.05, 0) is 24.5 Å². The summed E-state index contributed by atoms with van der Waals surface area (Å²) in [6, 6.07) is 4.62. The van der Waals surface area contributed by atoms with Crippen molar-refractivity contribution in [2.45, 2.75) is 50.0 Å². The van der Waals surface area contributed by atoms with Crippen LogP contribution in [0, 0.1) is 0 Å². The molecular weight excluding hydrogens is 454 g/mol. The van der Waals surface area contributed by atoms with E-state index < -0.39 is 24.3 Å². The van der Waals surface area contributed by atoms with Crippen molar-refractivity contribution in [3.8, 4) is 0 Å². The highest BCUT2D eigenvalue weighted by molar-refractivity contribution is 5.73. The fourth-order valence-corrected chi connectivity index (χ4v) is 3.20. The number of methoxy groups -OCH3 is 1. The highest BCUT2D eigenvalue weighted by atomic mass is 19.4. The first kappa shape index (κ1) is 27.6. The van der Waals surface area contributed by atoms with Crippen molar-refractivity contribution < 1.29 is 55.6 Å². The summed E-state index contributed by atoms with van der Waals surface area (Å²) in [6.07, 6.45) is -3.60. The molecule has 1 aromatic rings. The molecule has 1 aromatic heterocycles. The average Bonchev–Trinajstić information content (AvgIpc) is 3.01. The Morgan fingerprint density at radius 1 is 1.16 bits per heavy atom. The number of rotatable bonds is 3. The molecule has 0 spiro atoms. The van der Waals surface area contributed by atoms with Gasteiger partial charge < -0.3 is 19.7 Å². The van der Waals surface area contributed by atoms with Crippen LogP contribution in [-0.4, -0.2) is 82.9 Å². The SMILES string of the molecule is COC1C2CCC1N(Cc1cccnc1)CCO2.O=C(O)C(F)(F)F.O=C(O)C(F)(F)F. The summed E-state index contributed by atoms with van der Waals surface area (Å²) in [7, 11) is 1.80. The Hall–Kier alpha value is -2.45. The maximum atomic E-state index is 10.6. The molecule has 3 rings (SSSR count). The molecule has 1 aliphatic carbocycles. The fraction of sp³-hybridized carbons (Fsp3) is 0.611. The highest BCUT2D eigenvalue weighted by Gasteiger charge is 2.42. The molecule has 1 saturated carbocycles. The van der Waals surface area contributed by atoms with Crippen LogP contribution < -0.4 is 0 Å². The minimum Gasteiger partial charge on any atom is -0.475 e. The maximum absolute atomic E-state index is 10.6. The highest BCUT2D eigenvalue weighted by Crippen LogP contribution is 2.32. The number of aromatic nitrogens is 1. The van der Waals surface area contributed by atoms with E-state index in [9.17, 15) is 26.3 Å². The van der Waals surface area contributed by atoms with E-state index in [4.69, 9.17) is 29.3 Å². The van der Waals surface area contributed by atoms with Gasteiger partial charge in [0.2, 0.25) is 0 Å². The normalized spacial score (nSPS) is 23.2. The Balaban J connectivity index is 0.000000305. The second kappa shape index (κ2) is 12.0. The number of hydrogen-bond donors (Lipinski definition) is 2. The van der Waals surface area contributed by atoms with Crippen molar-refractivity contribution in [1.29, 1.82) is 0 Å². The van der Waals surface area contributed by atoms with Crippen molar-refractivity contribution in [3.05, 3.63) is 30.1 Å². The third kappa shape index (κ3) is 8.96. The van der Waals surface area contributed by atoms with Crippen molar-refractivity contribution in [2.24, 2.45) is 0 Å². The van der Waals surface area contributed by atoms with Gasteiger partial charge in [-0.15, -0.1) is 0 Å². The predicted octanol–water partition coefficient (Wildman–Crippen LogP) is 2.73. The van der Waals surface area contributed by atoms with Crippen LogP contribution in [0.3, 0.4) is 0 Å². The van der Waals surface area contributed by atoms with Crippen LogP contribution in [0.25, 0.3) is 0 Å². The summed E-state index contributed by atoms with van der Waals surface area (Å²) in [5, 5.41) is 14.2. The number of hydrogen-bond acceptors (Lipinski definition) is 6. The van der Waals surface area contributed by atoms with Gasteiger partial charge in [-0.1, -0.05) is 6.07 Å². The number of aliphatic carboxylic acids is 2. The Morgan fingerprint density at radius 2 is 1.72 bits per heavy atom. The smallest absolute Gasteiger partial charge is 0.475 e. The van der Waals surface area contributed by atoms with Gasteiger partial charge in [-0.25, -0.2) is 9.59 Å². The van der Waals surface area contributed by atoms with Crippen LogP contribution in [0.1, 0.15) is 18.4 Å². The van der Waals surface area contributed by atoms with E-state index in [0.717, 1.165) is 26.1 Å². The molecule has 3 unspecified atom stereocenters. The van der Waals surface area contributed by atoms with Crippen LogP contribution in [0.4, 0.5) is 26.3 Å². The molecule has 182 valence electrons. The zero-order valence-corrected chi connectivity index (χ0v) is 16.8. The minimum atomic E-state index is -5.08. The van der Waals surface area contributed by atoms with Gasteiger partial charge in [-0.3, -0.25) is 9.88 Å². The zero-order valence-electron chi connectivity index (χ0n) is 16.8. The molecule has 2 N–H and O–H groups in total. The zero-order chi connectivity index (χ0) is 24.5.